The van der Waals surface area contributed by atoms with Crippen molar-refractivity contribution >= 4 is 17.3 Å². The number of nitrogens with zero attached hydrogens (tertiary/aromatic N) is 3. The molecule has 2 aromatic carbocycles. The third-order valence-corrected chi connectivity index (χ3v) is 6.79. The molecule has 4 nitrogen and oxygen atoms in total. The van der Waals surface area contributed by atoms with Crippen molar-refractivity contribution in [3.05, 3.63) is 64.7 Å². The summed E-state index contributed by atoms with van der Waals surface area (Å²) >= 11 is 6.21. The first-order valence-corrected chi connectivity index (χ1v) is 10.6. The van der Waals surface area contributed by atoms with Gasteiger partial charge in [0.05, 0.1) is 22.3 Å². The zero-order valence-corrected chi connectivity index (χ0v) is 17.2. The number of halogens is 1. The molecule has 0 aromatic heterocycles. The van der Waals surface area contributed by atoms with Crippen molar-refractivity contribution in [2.24, 2.45) is 5.41 Å². The van der Waals surface area contributed by atoms with E-state index in [1.807, 2.05) is 12.1 Å². The molecule has 2 unspecified atom stereocenters. The van der Waals surface area contributed by atoms with Crippen LogP contribution in [0.1, 0.15) is 42.7 Å². The van der Waals surface area contributed by atoms with Crippen LogP contribution in [-0.4, -0.2) is 25.7 Å². The van der Waals surface area contributed by atoms with Gasteiger partial charge in [-0.25, -0.2) is 0 Å². The van der Waals surface area contributed by atoms with Gasteiger partial charge in [0.15, 0.2) is 0 Å². The summed E-state index contributed by atoms with van der Waals surface area (Å²) in [6.45, 7) is 2.55. The van der Waals surface area contributed by atoms with Crippen molar-refractivity contribution in [3.8, 4) is 12.1 Å². The van der Waals surface area contributed by atoms with Crippen LogP contribution in [0.5, 0.6) is 0 Å². The summed E-state index contributed by atoms with van der Waals surface area (Å²) in [5, 5.41) is 23.2. The standard InChI is InChI=1S/C24H25ClN4/c25-21-7-4-8-23(20(21)16-27)29-13-10-24(9-12-26,11-14-29)17-28-22-15-19(22)18-5-2-1-3-6-18/h1-8,19,22,28H,9-11,13-15,17H2. The van der Waals surface area contributed by atoms with Gasteiger partial charge in [0.25, 0.3) is 0 Å². The minimum Gasteiger partial charge on any atom is -0.370 e. The van der Waals surface area contributed by atoms with Gasteiger partial charge in [0.2, 0.25) is 0 Å². The average molecular weight is 405 g/mol. The van der Waals surface area contributed by atoms with E-state index >= 15 is 0 Å². The Hall–Kier alpha value is -2.53. The van der Waals surface area contributed by atoms with Crippen molar-refractivity contribution in [2.75, 3.05) is 24.5 Å². The number of anilines is 1. The second-order valence-electron chi connectivity index (χ2n) is 8.31. The third kappa shape index (κ3) is 4.25. The zero-order valence-electron chi connectivity index (χ0n) is 16.4. The van der Waals surface area contributed by atoms with Crippen molar-refractivity contribution in [3.63, 3.8) is 0 Å². The van der Waals surface area contributed by atoms with Gasteiger partial charge in [-0.2, -0.15) is 10.5 Å². The van der Waals surface area contributed by atoms with E-state index < -0.39 is 0 Å². The molecule has 2 aromatic rings. The van der Waals surface area contributed by atoms with E-state index in [9.17, 15) is 10.5 Å². The van der Waals surface area contributed by atoms with Crippen molar-refractivity contribution < 1.29 is 0 Å². The Balaban J connectivity index is 1.38. The van der Waals surface area contributed by atoms with Gasteiger partial charge in [-0.3, -0.25) is 0 Å². The molecule has 1 aliphatic carbocycles. The topological polar surface area (TPSA) is 62.9 Å². The van der Waals surface area contributed by atoms with Gasteiger partial charge in [-0.1, -0.05) is 48.0 Å². The molecule has 5 heteroatoms. The Morgan fingerprint density at radius 3 is 2.52 bits per heavy atom. The first-order valence-electron chi connectivity index (χ1n) is 10.2. The largest absolute Gasteiger partial charge is 0.370 e. The predicted molar refractivity (Wildman–Crippen MR) is 116 cm³/mol. The Morgan fingerprint density at radius 1 is 1.07 bits per heavy atom. The van der Waals surface area contributed by atoms with Crippen LogP contribution in [0, 0.1) is 28.1 Å². The number of nitriles is 2. The normalized spacial score (nSPS) is 22.5. The second kappa shape index (κ2) is 8.46. The summed E-state index contributed by atoms with van der Waals surface area (Å²) in [4.78, 5) is 2.24. The number of rotatable bonds is 6. The summed E-state index contributed by atoms with van der Waals surface area (Å²) in [5.41, 5.74) is 2.85. The summed E-state index contributed by atoms with van der Waals surface area (Å²) in [6, 6.07) is 21.5. The first kappa shape index (κ1) is 19.8. The predicted octanol–water partition coefficient (Wildman–Crippen LogP) is 4.86. The zero-order chi connectivity index (χ0) is 20.3. The molecule has 1 saturated carbocycles. The lowest BCUT2D eigenvalue weighted by molar-refractivity contribution is 0.213. The number of benzene rings is 2. The molecule has 1 heterocycles. The fraction of sp³-hybridized carbons (Fsp3) is 0.417. The number of nitrogens with one attached hydrogen (secondary N) is 1. The minimum atomic E-state index is 0.000456. The van der Waals surface area contributed by atoms with Crippen molar-refractivity contribution in [1.29, 1.82) is 10.5 Å². The van der Waals surface area contributed by atoms with E-state index in [0.29, 0.717) is 29.0 Å². The quantitative estimate of drug-likeness (QED) is 0.746. The van der Waals surface area contributed by atoms with E-state index in [-0.39, 0.29) is 5.41 Å². The molecule has 148 valence electrons. The molecule has 0 bridgehead atoms. The molecule has 4 rings (SSSR count). The van der Waals surface area contributed by atoms with E-state index in [2.05, 4.69) is 52.7 Å². The van der Waals surface area contributed by atoms with Crippen LogP contribution in [-0.2, 0) is 0 Å². The molecule has 0 spiro atoms. The highest BCUT2D eigenvalue weighted by atomic mass is 35.5. The van der Waals surface area contributed by atoms with Gasteiger partial charge < -0.3 is 10.2 Å². The van der Waals surface area contributed by atoms with Gasteiger partial charge in [-0.05, 0) is 42.4 Å². The third-order valence-electron chi connectivity index (χ3n) is 6.48. The first-order chi connectivity index (χ1) is 14.2. The van der Waals surface area contributed by atoms with E-state index in [1.165, 1.54) is 12.0 Å². The maximum Gasteiger partial charge on any atom is 0.103 e. The van der Waals surface area contributed by atoms with Crippen LogP contribution < -0.4 is 10.2 Å². The number of hydrogen-bond donors (Lipinski definition) is 1. The van der Waals surface area contributed by atoms with Gasteiger partial charge in [0, 0.05) is 38.0 Å². The molecule has 1 N–H and O–H groups in total. The molecule has 2 atom stereocenters. The fourth-order valence-corrected chi connectivity index (χ4v) is 4.74. The lowest BCUT2D eigenvalue weighted by Crippen LogP contribution is -2.46. The summed E-state index contributed by atoms with van der Waals surface area (Å²) in [7, 11) is 0. The van der Waals surface area contributed by atoms with Crippen LogP contribution >= 0.6 is 11.6 Å². The molecule has 2 fully saturated rings. The van der Waals surface area contributed by atoms with Gasteiger partial charge in [-0.15, -0.1) is 0 Å². The molecule has 1 aliphatic heterocycles. The van der Waals surface area contributed by atoms with Gasteiger partial charge >= 0.3 is 0 Å². The SMILES string of the molecule is N#CCC1(CNC2CC2c2ccccc2)CCN(c2cccc(Cl)c2C#N)CC1. The van der Waals surface area contributed by atoms with Crippen LogP contribution in [0.15, 0.2) is 48.5 Å². The second-order valence-corrected chi connectivity index (χ2v) is 8.72. The van der Waals surface area contributed by atoms with Crippen molar-refractivity contribution in [2.45, 2.75) is 37.6 Å². The summed E-state index contributed by atoms with van der Waals surface area (Å²) in [6.07, 6.45) is 3.62. The Morgan fingerprint density at radius 2 is 1.83 bits per heavy atom. The minimum absolute atomic E-state index is 0.000456. The summed E-state index contributed by atoms with van der Waals surface area (Å²) in [5.74, 6) is 0.597. The smallest absolute Gasteiger partial charge is 0.103 e. The van der Waals surface area contributed by atoms with E-state index in [1.54, 1.807) is 6.07 Å². The maximum absolute atomic E-state index is 9.47. The molecule has 29 heavy (non-hydrogen) atoms. The van der Waals surface area contributed by atoms with Crippen LogP contribution in [0.4, 0.5) is 5.69 Å². The Bertz CT molecular complexity index is 936. The van der Waals surface area contributed by atoms with Crippen LogP contribution in [0.2, 0.25) is 5.02 Å². The highest BCUT2D eigenvalue weighted by Crippen LogP contribution is 2.43. The van der Waals surface area contributed by atoms with E-state index in [4.69, 9.17) is 11.6 Å². The van der Waals surface area contributed by atoms with Crippen molar-refractivity contribution in [1.82, 2.24) is 5.32 Å². The lowest BCUT2D eigenvalue weighted by atomic mass is 9.75. The molecular formula is C24H25ClN4. The molecule has 0 amide bonds. The fourth-order valence-electron chi connectivity index (χ4n) is 4.53. The highest BCUT2D eigenvalue weighted by molar-refractivity contribution is 6.32. The lowest BCUT2D eigenvalue weighted by Gasteiger charge is -2.42. The van der Waals surface area contributed by atoms with Crippen LogP contribution in [0.25, 0.3) is 0 Å². The monoisotopic (exact) mass is 404 g/mol. The van der Waals surface area contributed by atoms with E-state index in [0.717, 1.165) is 38.2 Å². The van der Waals surface area contributed by atoms with Gasteiger partial charge in [0.1, 0.15) is 6.07 Å². The maximum atomic E-state index is 9.47. The molecule has 0 radical (unpaired) electrons. The Kier molecular flexibility index (Phi) is 5.76. The molecular weight excluding hydrogens is 380 g/mol. The van der Waals surface area contributed by atoms with Crippen LogP contribution in [0.3, 0.4) is 0 Å². The summed E-state index contributed by atoms with van der Waals surface area (Å²) < 4.78 is 0. The highest BCUT2D eigenvalue weighted by Gasteiger charge is 2.41. The molecule has 1 saturated heterocycles. The average Bonchev–Trinajstić information content (AvgIpc) is 3.54. The number of piperidine rings is 1. The molecule has 2 aliphatic rings. The Labute approximate surface area is 177 Å². The number of hydrogen-bond acceptors (Lipinski definition) is 4.